The second kappa shape index (κ2) is 7.40. The summed E-state index contributed by atoms with van der Waals surface area (Å²) in [5.41, 5.74) is 2.60. The van der Waals surface area contributed by atoms with E-state index in [0.717, 1.165) is 16.0 Å². The second-order valence-corrected chi connectivity index (χ2v) is 6.59. The molecule has 0 aliphatic carbocycles. The van der Waals surface area contributed by atoms with Crippen LogP contribution in [-0.2, 0) is 27.3 Å². The van der Waals surface area contributed by atoms with Crippen LogP contribution >= 0.6 is 11.8 Å². The van der Waals surface area contributed by atoms with Gasteiger partial charge in [0.2, 0.25) is 0 Å². The lowest BCUT2D eigenvalue weighted by Crippen LogP contribution is -2.17. The standard InChI is InChI=1S/C18H17NO4S/c1-22-17(20)16-10-13-9-14(7-8-15(13)24-16)19-18(21)23-11-12-5-3-2-4-6-12/h2-9,16H,10-11H2,1H3,(H,19,21). The molecule has 1 aliphatic rings. The van der Waals surface area contributed by atoms with E-state index in [4.69, 9.17) is 9.47 Å². The van der Waals surface area contributed by atoms with Crippen LogP contribution < -0.4 is 5.32 Å². The number of esters is 1. The smallest absolute Gasteiger partial charge is 0.411 e. The highest BCUT2D eigenvalue weighted by molar-refractivity contribution is 8.01. The first-order valence-corrected chi connectivity index (χ1v) is 8.39. The zero-order chi connectivity index (χ0) is 16.9. The fourth-order valence-corrected chi connectivity index (χ4v) is 3.67. The molecular weight excluding hydrogens is 326 g/mol. The summed E-state index contributed by atoms with van der Waals surface area (Å²) in [6.45, 7) is 0.220. The highest BCUT2D eigenvalue weighted by Gasteiger charge is 2.29. The lowest BCUT2D eigenvalue weighted by atomic mass is 10.1. The van der Waals surface area contributed by atoms with E-state index in [1.807, 2.05) is 42.5 Å². The summed E-state index contributed by atoms with van der Waals surface area (Å²) in [5.74, 6) is -0.229. The fourth-order valence-electron chi connectivity index (χ4n) is 2.47. The Morgan fingerprint density at radius 2 is 2.00 bits per heavy atom. The Bertz CT molecular complexity index is 748. The highest BCUT2D eigenvalue weighted by Crippen LogP contribution is 2.38. The zero-order valence-electron chi connectivity index (χ0n) is 13.2. The summed E-state index contributed by atoms with van der Waals surface area (Å²) in [7, 11) is 1.39. The van der Waals surface area contributed by atoms with Gasteiger partial charge in [-0.2, -0.15) is 0 Å². The van der Waals surface area contributed by atoms with Crippen molar-refractivity contribution >= 4 is 29.5 Å². The average molecular weight is 343 g/mol. The van der Waals surface area contributed by atoms with Crippen molar-refractivity contribution in [1.29, 1.82) is 0 Å². The van der Waals surface area contributed by atoms with Gasteiger partial charge in [-0.05, 0) is 35.7 Å². The van der Waals surface area contributed by atoms with E-state index in [9.17, 15) is 9.59 Å². The Morgan fingerprint density at radius 1 is 1.21 bits per heavy atom. The molecule has 0 fully saturated rings. The number of benzene rings is 2. The number of ether oxygens (including phenoxy) is 2. The number of anilines is 1. The Kier molecular flexibility index (Phi) is 5.05. The first kappa shape index (κ1) is 16.4. The molecule has 1 N–H and O–H groups in total. The molecule has 1 atom stereocenters. The topological polar surface area (TPSA) is 64.6 Å². The van der Waals surface area contributed by atoms with E-state index in [1.165, 1.54) is 18.9 Å². The predicted octanol–water partition coefficient (Wildman–Crippen LogP) is 3.63. The number of methoxy groups -OCH3 is 1. The SMILES string of the molecule is COC(=O)C1Cc2cc(NC(=O)OCc3ccccc3)ccc2S1. The van der Waals surface area contributed by atoms with Gasteiger partial charge in [-0.15, -0.1) is 11.8 Å². The summed E-state index contributed by atoms with van der Waals surface area (Å²) in [4.78, 5) is 24.6. The van der Waals surface area contributed by atoms with Crippen LogP contribution in [-0.4, -0.2) is 24.4 Å². The molecule has 0 saturated carbocycles. The van der Waals surface area contributed by atoms with Gasteiger partial charge in [-0.25, -0.2) is 4.79 Å². The number of hydrogen-bond donors (Lipinski definition) is 1. The van der Waals surface area contributed by atoms with Crippen molar-refractivity contribution in [2.45, 2.75) is 23.2 Å². The predicted molar refractivity (Wildman–Crippen MR) is 92.1 cm³/mol. The van der Waals surface area contributed by atoms with Crippen LogP contribution in [0.3, 0.4) is 0 Å². The van der Waals surface area contributed by atoms with Gasteiger partial charge in [0.25, 0.3) is 0 Å². The molecule has 1 heterocycles. The number of fused-ring (bicyclic) bond motifs is 1. The third-order valence-corrected chi connectivity index (χ3v) is 4.95. The summed E-state index contributed by atoms with van der Waals surface area (Å²) < 4.78 is 9.98. The number of carbonyl (C=O) groups excluding carboxylic acids is 2. The summed E-state index contributed by atoms with van der Waals surface area (Å²) in [5, 5.41) is 2.50. The first-order valence-electron chi connectivity index (χ1n) is 7.51. The number of nitrogens with one attached hydrogen (secondary N) is 1. The molecule has 2 aromatic carbocycles. The van der Waals surface area contributed by atoms with E-state index < -0.39 is 6.09 Å². The molecule has 2 aromatic rings. The lowest BCUT2D eigenvalue weighted by Gasteiger charge is -2.08. The Hall–Kier alpha value is -2.47. The van der Waals surface area contributed by atoms with Crippen LogP contribution in [0.5, 0.6) is 0 Å². The molecule has 0 bridgehead atoms. The molecule has 0 aromatic heterocycles. The molecule has 6 heteroatoms. The van der Waals surface area contributed by atoms with Crippen LogP contribution in [0.1, 0.15) is 11.1 Å². The molecule has 0 spiro atoms. The van der Waals surface area contributed by atoms with Gasteiger partial charge in [-0.1, -0.05) is 30.3 Å². The minimum Gasteiger partial charge on any atom is -0.468 e. The number of hydrogen-bond acceptors (Lipinski definition) is 5. The van der Waals surface area contributed by atoms with Crippen molar-refractivity contribution in [3.8, 4) is 0 Å². The minimum atomic E-state index is -0.506. The van der Waals surface area contributed by atoms with Gasteiger partial charge in [0.15, 0.2) is 0 Å². The molecule has 3 rings (SSSR count). The molecule has 0 saturated heterocycles. The van der Waals surface area contributed by atoms with Crippen molar-refractivity contribution < 1.29 is 19.1 Å². The number of rotatable bonds is 4. The van der Waals surface area contributed by atoms with Crippen molar-refractivity contribution in [3.05, 3.63) is 59.7 Å². The van der Waals surface area contributed by atoms with Crippen LogP contribution in [0.2, 0.25) is 0 Å². The molecular formula is C18H17NO4S. The number of amides is 1. The monoisotopic (exact) mass is 343 g/mol. The third kappa shape index (κ3) is 3.89. The van der Waals surface area contributed by atoms with Gasteiger partial charge in [0.05, 0.1) is 7.11 Å². The second-order valence-electron chi connectivity index (χ2n) is 5.34. The molecule has 124 valence electrons. The molecule has 5 nitrogen and oxygen atoms in total. The summed E-state index contributed by atoms with van der Waals surface area (Å²) in [6, 6.07) is 15.1. The minimum absolute atomic E-state index is 0.217. The molecule has 1 unspecified atom stereocenters. The first-order chi connectivity index (χ1) is 11.7. The fraction of sp³-hybridized carbons (Fsp3) is 0.222. The third-order valence-electron chi connectivity index (χ3n) is 3.66. The Morgan fingerprint density at radius 3 is 2.75 bits per heavy atom. The lowest BCUT2D eigenvalue weighted by molar-refractivity contribution is -0.139. The van der Waals surface area contributed by atoms with E-state index in [1.54, 1.807) is 6.07 Å². The van der Waals surface area contributed by atoms with Gasteiger partial charge in [0, 0.05) is 10.6 Å². The van der Waals surface area contributed by atoms with Crippen molar-refractivity contribution in [2.24, 2.45) is 0 Å². The van der Waals surface area contributed by atoms with Gasteiger partial charge in [0.1, 0.15) is 11.9 Å². The van der Waals surface area contributed by atoms with E-state index in [2.05, 4.69) is 5.32 Å². The zero-order valence-corrected chi connectivity index (χ0v) is 14.0. The summed E-state index contributed by atoms with van der Waals surface area (Å²) in [6.07, 6.45) is 0.0929. The van der Waals surface area contributed by atoms with Crippen LogP contribution in [0, 0.1) is 0 Å². The summed E-state index contributed by atoms with van der Waals surface area (Å²) >= 11 is 1.49. The van der Waals surface area contributed by atoms with Crippen LogP contribution in [0.25, 0.3) is 0 Å². The maximum atomic E-state index is 11.9. The molecule has 1 amide bonds. The van der Waals surface area contributed by atoms with Crippen LogP contribution in [0.4, 0.5) is 10.5 Å². The van der Waals surface area contributed by atoms with Crippen molar-refractivity contribution in [1.82, 2.24) is 0 Å². The molecule has 1 aliphatic heterocycles. The van der Waals surface area contributed by atoms with Gasteiger partial charge >= 0.3 is 12.1 Å². The quantitative estimate of drug-likeness (QED) is 0.859. The van der Waals surface area contributed by atoms with Crippen LogP contribution in [0.15, 0.2) is 53.4 Å². The Balaban J connectivity index is 1.57. The Labute approximate surface area is 144 Å². The molecule has 0 radical (unpaired) electrons. The van der Waals surface area contributed by atoms with Crippen molar-refractivity contribution in [2.75, 3.05) is 12.4 Å². The normalized spacial score (nSPS) is 15.5. The number of thioether (sulfide) groups is 1. The van der Waals surface area contributed by atoms with Gasteiger partial charge in [-0.3, -0.25) is 10.1 Å². The maximum Gasteiger partial charge on any atom is 0.411 e. The number of carbonyl (C=O) groups is 2. The maximum absolute atomic E-state index is 11.9. The van der Waals surface area contributed by atoms with Crippen molar-refractivity contribution in [3.63, 3.8) is 0 Å². The van der Waals surface area contributed by atoms with Gasteiger partial charge < -0.3 is 9.47 Å². The van der Waals surface area contributed by atoms with E-state index in [-0.39, 0.29) is 17.8 Å². The molecule has 24 heavy (non-hydrogen) atoms. The van der Waals surface area contributed by atoms with E-state index >= 15 is 0 Å². The highest BCUT2D eigenvalue weighted by atomic mass is 32.2. The van der Waals surface area contributed by atoms with E-state index in [0.29, 0.717) is 12.1 Å². The average Bonchev–Trinajstić information content (AvgIpc) is 3.03. The largest absolute Gasteiger partial charge is 0.468 e.